The molecule has 0 N–H and O–H groups in total. The zero-order valence-corrected chi connectivity index (χ0v) is 13.8. The van der Waals surface area contributed by atoms with Crippen molar-refractivity contribution < 1.29 is 28.5 Å². The summed E-state index contributed by atoms with van der Waals surface area (Å²) in [5.41, 5.74) is 0. The van der Waals surface area contributed by atoms with E-state index in [9.17, 15) is 9.90 Å². The molecule has 0 unspecified atom stereocenters. The van der Waals surface area contributed by atoms with Crippen LogP contribution in [0.3, 0.4) is 0 Å². The number of carbonyl (C=O) groups excluding carboxylic acids is 1. The monoisotopic (exact) mass is 367 g/mol. The van der Waals surface area contributed by atoms with Crippen LogP contribution in [0.4, 0.5) is 0 Å². The van der Waals surface area contributed by atoms with E-state index in [-0.39, 0.29) is 24.9 Å². The van der Waals surface area contributed by atoms with Crippen molar-refractivity contribution in [2.45, 2.75) is 35.3 Å². The quantitative estimate of drug-likeness (QED) is 0.565. The standard InChI is InChI=1S/C14H16N4O6S/c19-11(20)6-22-10-5-24-12-9(4-23-13(10)12)18-14(15-16-17-18)25-7-8-2-1-3-21-8/h1-3,9-10,12-13H,4-7H2,(H,19,20)/p-1/t9-,10+,12+,13+/m0/s1. The first-order valence-corrected chi connectivity index (χ1v) is 8.68. The predicted octanol–water partition coefficient (Wildman–Crippen LogP) is -0.968. The fourth-order valence-corrected chi connectivity index (χ4v) is 3.82. The summed E-state index contributed by atoms with van der Waals surface area (Å²) in [5, 5.41) is 23.0. The maximum absolute atomic E-state index is 10.6. The summed E-state index contributed by atoms with van der Waals surface area (Å²) >= 11 is 1.45. The van der Waals surface area contributed by atoms with Crippen molar-refractivity contribution in [3.05, 3.63) is 24.2 Å². The molecule has 2 fully saturated rings. The van der Waals surface area contributed by atoms with Crippen LogP contribution in [0.5, 0.6) is 0 Å². The SMILES string of the molecule is O=C([O-])CO[C@@H]1CO[C@H]2[C@@H]1OC[C@@H]2n1nnnc1SCc1ccco1. The lowest BCUT2D eigenvalue weighted by atomic mass is 10.1. The van der Waals surface area contributed by atoms with Gasteiger partial charge < -0.3 is 28.5 Å². The van der Waals surface area contributed by atoms with Crippen LogP contribution in [-0.2, 0) is 24.8 Å². The van der Waals surface area contributed by atoms with Gasteiger partial charge in [-0.2, -0.15) is 0 Å². The molecule has 11 heteroatoms. The average Bonchev–Trinajstić information content (AvgIpc) is 3.34. The number of thioether (sulfide) groups is 1. The molecule has 4 heterocycles. The zero-order chi connectivity index (χ0) is 17.2. The van der Waals surface area contributed by atoms with Crippen LogP contribution in [0, 0.1) is 0 Å². The number of carbonyl (C=O) groups is 1. The van der Waals surface area contributed by atoms with E-state index in [1.807, 2.05) is 12.1 Å². The van der Waals surface area contributed by atoms with Crippen LogP contribution in [-0.4, -0.2) is 64.3 Å². The second-order valence-corrected chi connectivity index (χ2v) is 6.60. The van der Waals surface area contributed by atoms with Crippen molar-refractivity contribution in [3.8, 4) is 0 Å². The van der Waals surface area contributed by atoms with Gasteiger partial charge in [-0.1, -0.05) is 11.8 Å². The number of aliphatic carboxylic acids is 1. The van der Waals surface area contributed by atoms with Gasteiger partial charge in [0.2, 0.25) is 5.16 Å². The normalized spacial score (nSPS) is 28.3. The number of carboxylic acid groups (broad SMARTS) is 1. The van der Waals surface area contributed by atoms with Crippen molar-refractivity contribution in [2.75, 3.05) is 19.8 Å². The van der Waals surface area contributed by atoms with Crippen molar-refractivity contribution in [2.24, 2.45) is 0 Å². The first-order valence-electron chi connectivity index (χ1n) is 7.70. The number of nitrogens with zero attached hydrogens (tertiary/aromatic N) is 4. The highest BCUT2D eigenvalue weighted by Crippen LogP contribution is 2.36. The summed E-state index contributed by atoms with van der Waals surface area (Å²) in [5.74, 6) is 0.163. The topological polar surface area (TPSA) is 125 Å². The van der Waals surface area contributed by atoms with Gasteiger partial charge in [-0.3, -0.25) is 0 Å². The molecule has 25 heavy (non-hydrogen) atoms. The van der Waals surface area contributed by atoms with Crippen LogP contribution in [0.2, 0.25) is 0 Å². The molecule has 10 nitrogen and oxygen atoms in total. The minimum Gasteiger partial charge on any atom is -0.548 e. The van der Waals surface area contributed by atoms with Gasteiger partial charge in [-0.05, 0) is 22.6 Å². The van der Waals surface area contributed by atoms with Gasteiger partial charge >= 0.3 is 0 Å². The number of hydrogen-bond acceptors (Lipinski definition) is 10. The number of ether oxygens (including phenoxy) is 3. The smallest absolute Gasteiger partial charge is 0.210 e. The molecular weight excluding hydrogens is 352 g/mol. The van der Waals surface area contributed by atoms with Crippen molar-refractivity contribution in [1.29, 1.82) is 0 Å². The van der Waals surface area contributed by atoms with Gasteiger partial charge in [-0.15, -0.1) is 5.10 Å². The summed E-state index contributed by atoms with van der Waals surface area (Å²) < 4.78 is 23.8. The molecule has 2 aromatic rings. The Labute approximate surface area is 146 Å². The molecule has 0 amide bonds. The Hall–Kier alpha value is -1.95. The van der Waals surface area contributed by atoms with Crippen LogP contribution >= 0.6 is 11.8 Å². The maximum Gasteiger partial charge on any atom is 0.210 e. The lowest BCUT2D eigenvalue weighted by Crippen LogP contribution is -2.36. The number of carboxylic acids is 1. The predicted molar refractivity (Wildman–Crippen MR) is 79.4 cm³/mol. The van der Waals surface area contributed by atoms with E-state index < -0.39 is 18.7 Å². The summed E-state index contributed by atoms with van der Waals surface area (Å²) in [6, 6.07) is 3.51. The molecule has 0 spiro atoms. The van der Waals surface area contributed by atoms with Gasteiger partial charge in [0.1, 0.15) is 30.1 Å². The lowest BCUT2D eigenvalue weighted by molar-refractivity contribution is -0.311. The fourth-order valence-electron chi connectivity index (χ4n) is 2.99. The van der Waals surface area contributed by atoms with Gasteiger partial charge in [0, 0.05) is 0 Å². The molecule has 0 aliphatic carbocycles. The molecule has 2 aliphatic rings. The molecule has 2 aromatic heterocycles. The van der Waals surface area contributed by atoms with E-state index in [0.29, 0.717) is 17.5 Å². The van der Waals surface area contributed by atoms with E-state index in [1.54, 1.807) is 10.9 Å². The van der Waals surface area contributed by atoms with Crippen molar-refractivity contribution in [3.63, 3.8) is 0 Å². The zero-order valence-electron chi connectivity index (χ0n) is 13.0. The van der Waals surface area contributed by atoms with E-state index in [4.69, 9.17) is 18.6 Å². The second-order valence-electron chi connectivity index (χ2n) is 5.66. The lowest BCUT2D eigenvalue weighted by Gasteiger charge is -2.17. The minimum absolute atomic E-state index is 0.198. The highest BCUT2D eigenvalue weighted by atomic mass is 32.2. The number of furan rings is 1. The van der Waals surface area contributed by atoms with Crippen molar-refractivity contribution in [1.82, 2.24) is 20.2 Å². The van der Waals surface area contributed by atoms with Crippen LogP contribution in [0.15, 0.2) is 28.0 Å². The van der Waals surface area contributed by atoms with E-state index in [0.717, 1.165) is 5.76 Å². The van der Waals surface area contributed by atoms with Gasteiger partial charge in [-0.25, -0.2) is 4.68 Å². The summed E-state index contributed by atoms with van der Waals surface area (Å²) in [4.78, 5) is 10.6. The maximum atomic E-state index is 10.6. The number of tetrazole rings is 1. The Morgan fingerprint density at radius 1 is 1.40 bits per heavy atom. The molecule has 0 aromatic carbocycles. The molecular formula is C14H15N4O6S-. The number of aromatic nitrogens is 4. The minimum atomic E-state index is -1.27. The summed E-state index contributed by atoms with van der Waals surface area (Å²) in [7, 11) is 0. The van der Waals surface area contributed by atoms with Crippen molar-refractivity contribution >= 4 is 17.7 Å². The molecule has 4 atom stereocenters. The van der Waals surface area contributed by atoms with E-state index >= 15 is 0 Å². The van der Waals surface area contributed by atoms with Crippen LogP contribution < -0.4 is 5.11 Å². The molecule has 0 radical (unpaired) electrons. The summed E-state index contributed by atoms with van der Waals surface area (Å²) in [6.45, 7) is 0.135. The highest BCUT2D eigenvalue weighted by Gasteiger charge is 2.50. The largest absolute Gasteiger partial charge is 0.548 e. The number of fused-ring (bicyclic) bond motifs is 1. The Balaban J connectivity index is 1.42. The Morgan fingerprint density at radius 3 is 3.08 bits per heavy atom. The molecule has 4 rings (SSSR count). The van der Waals surface area contributed by atoms with Gasteiger partial charge in [0.15, 0.2) is 0 Å². The molecule has 134 valence electrons. The highest BCUT2D eigenvalue weighted by molar-refractivity contribution is 7.98. The molecule has 2 aliphatic heterocycles. The fraction of sp³-hybridized carbons (Fsp3) is 0.571. The van der Waals surface area contributed by atoms with Crippen LogP contribution in [0.25, 0.3) is 0 Å². The molecule has 0 saturated carbocycles. The third-order valence-corrected chi connectivity index (χ3v) is 5.05. The Bertz CT molecular complexity index is 723. The number of rotatable bonds is 7. The molecule has 2 saturated heterocycles. The summed E-state index contributed by atoms with van der Waals surface area (Å²) in [6.07, 6.45) is 0.534. The van der Waals surface area contributed by atoms with Gasteiger partial charge in [0.05, 0.1) is 37.8 Å². The van der Waals surface area contributed by atoms with E-state index in [1.165, 1.54) is 11.8 Å². The Kier molecular flexibility index (Phi) is 4.70. The first-order chi connectivity index (χ1) is 12.2. The average molecular weight is 367 g/mol. The molecule has 0 bridgehead atoms. The third-order valence-electron chi connectivity index (χ3n) is 4.10. The number of hydrogen-bond donors (Lipinski definition) is 0. The van der Waals surface area contributed by atoms with Gasteiger partial charge in [0.25, 0.3) is 0 Å². The van der Waals surface area contributed by atoms with Crippen LogP contribution in [0.1, 0.15) is 11.8 Å². The first kappa shape index (κ1) is 16.5. The third kappa shape index (κ3) is 3.40. The van der Waals surface area contributed by atoms with E-state index in [2.05, 4.69) is 15.5 Å². The Morgan fingerprint density at radius 2 is 2.28 bits per heavy atom. The second kappa shape index (κ2) is 7.12.